The lowest BCUT2D eigenvalue weighted by atomic mass is 10.2. The van der Waals surface area contributed by atoms with Crippen LogP contribution in [0.5, 0.6) is 0 Å². The maximum atomic E-state index is 10.2. The highest BCUT2D eigenvalue weighted by Gasteiger charge is 2.29. The number of ether oxygens (including phenoxy) is 1. The van der Waals surface area contributed by atoms with Crippen molar-refractivity contribution in [1.82, 2.24) is 4.90 Å². The van der Waals surface area contributed by atoms with Crippen LogP contribution in [-0.2, 0) is 11.3 Å². The second kappa shape index (κ2) is 7.39. The van der Waals surface area contributed by atoms with E-state index in [9.17, 15) is 5.11 Å². The van der Waals surface area contributed by atoms with E-state index in [4.69, 9.17) is 4.74 Å². The number of hydrogen-bond acceptors (Lipinski definition) is 3. The molecule has 1 unspecified atom stereocenters. The summed E-state index contributed by atoms with van der Waals surface area (Å²) < 4.78 is 5.65. The molecule has 2 aliphatic rings. The van der Waals surface area contributed by atoms with Crippen LogP contribution in [0.2, 0.25) is 0 Å². The lowest BCUT2D eigenvalue weighted by Crippen LogP contribution is -2.37. The van der Waals surface area contributed by atoms with Gasteiger partial charge in [-0.2, -0.15) is 0 Å². The Hall–Kier alpha value is -0.900. The largest absolute Gasteiger partial charge is 0.389 e. The van der Waals surface area contributed by atoms with Gasteiger partial charge in [0.15, 0.2) is 0 Å². The van der Waals surface area contributed by atoms with Gasteiger partial charge >= 0.3 is 0 Å². The van der Waals surface area contributed by atoms with Crippen molar-refractivity contribution < 1.29 is 9.84 Å². The summed E-state index contributed by atoms with van der Waals surface area (Å²) in [5.74, 6) is 1.78. The molecule has 3 rings (SSSR count). The molecule has 2 saturated carbocycles. The highest BCUT2D eigenvalue weighted by atomic mass is 16.5. The zero-order valence-electron chi connectivity index (χ0n) is 12.8. The first-order valence-electron chi connectivity index (χ1n) is 8.31. The molecule has 3 heteroatoms. The molecule has 0 saturated heterocycles. The van der Waals surface area contributed by atoms with Crippen molar-refractivity contribution in [1.29, 1.82) is 0 Å². The van der Waals surface area contributed by atoms with Crippen molar-refractivity contribution in [2.24, 2.45) is 11.8 Å². The molecule has 2 fully saturated rings. The Morgan fingerprint density at radius 1 is 1.05 bits per heavy atom. The summed E-state index contributed by atoms with van der Waals surface area (Å²) in [4.78, 5) is 2.46. The fourth-order valence-electron chi connectivity index (χ4n) is 2.79. The molecule has 0 aliphatic heterocycles. The standard InChI is InChI=1S/C18H27NO2/c20-18(14-21-13-17-4-2-1-3-5-17)12-19(10-15-6-7-15)11-16-8-9-16/h1-5,15-16,18,20H,6-14H2. The summed E-state index contributed by atoms with van der Waals surface area (Å²) in [5, 5.41) is 10.2. The molecule has 116 valence electrons. The summed E-state index contributed by atoms with van der Waals surface area (Å²) in [6.45, 7) is 4.13. The van der Waals surface area contributed by atoms with Crippen LogP contribution in [0.25, 0.3) is 0 Å². The third-order valence-electron chi connectivity index (χ3n) is 4.32. The molecule has 2 aliphatic carbocycles. The zero-order valence-corrected chi connectivity index (χ0v) is 12.8. The Labute approximate surface area is 127 Å². The van der Waals surface area contributed by atoms with Crippen LogP contribution in [0.3, 0.4) is 0 Å². The van der Waals surface area contributed by atoms with Gasteiger partial charge < -0.3 is 14.7 Å². The van der Waals surface area contributed by atoms with Crippen molar-refractivity contribution in [3.8, 4) is 0 Å². The van der Waals surface area contributed by atoms with E-state index < -0.39 is 0 Å². The SMILES string of the molecule is OC(COCc1ccccc1)CN(CC1CC1)CC1CC1. The van der Waals surface area contributed by atoms with Gasteiger partial charge in [-0.15, -0.1) is 0 Å². The molecule has 0 bridgehead atoms. The van der Waals surface area contributed by atoms with Crippen LogP contribution in [0, 0.1) is 11.8 Å². The summed E-state index contributed by atoms with van der Waals surface area (Å²) in [6, 6.07) is 10.1. The van der Waals surface area contributed by atoms with Gasteiger partial charge in [-0.3, -0.25) is 0 Å². The molecular formula is C18H27NO2. The van der Waals surface area contributed by atoms with E-state index in [0.717, 1.165) is 23.9 Å². The van der Waals surface area contributed by atoms with Crippen LogP contribution in [0.4, 0.5) is 0 Å². The second-order valence-corrected chi connectivity index (χ2v) is 6.76. The van der Waals surface area contributed by atoms with Crippen molar-refractivity contribution in [3.63, 3.8) is 0 Å². The number of nitrogens with zero attached hydrogens (tertiary/aromatic N) is 1. The minimum atomic E-state index is -0.369. The minimum Gasteiger partial charge on any atom is -0.389 e. The van der Waals surface area contributed by atoms with E-state index in [2.05, 4.69) is 17.0 Å². The maximum Gasteiger partial charge on any atom is 0.0900 e. The molecule has 0 amide bonds. The summed E-state index contributed by atoms with van der Waals surface area (Å²) >= 11 is 0. The maximum absolute atomic E-state index is 10.2. The normalized spacial score (nSPS) is 19.9. The monoisotopic (exact) mass is 289 g/mol. The fraction of sp³-hybridized carbons (Fsp3) is 0.667. The van der Waals surface area contributed by atoms with E-state index in [1.807, 2.05) is 18.2 Å². The van der Waals surface area contributed by atoms with Gasteiger partial charge in [0, 0.05) is 19.6 Å². The number of aliphatic hydroxyl groups excluding tert-OH is 1. The van der Waals surface area contributed by atoms with Crippen molar-refractivity contribution in [2.75, 3.05) is 26.2 Å². The van der Waals surface area contributed by atoms with Gasteiger partial charge in [0.25, 0.3) is 0 Å². The van der Waals surface area contributed by atoms with Crippen LogP contribution in [0.1, 0.15) is 31.2 Å². The van der Waals surface area contributed by atoms with Crippen LogP contribution in [-0.4, -0.2) is 42.4 Å². The first kappa shape index (κ1) is 15.0. The Balaban J connectivity index is 1.35. The van der Waals surface area contributed by atoms with Crippen molar-refractivity contribution in [3.05, 3.63) is 35.9 Å². The first-order valence-corrected chi connectivity index (χ1v) is 8.31. The Morgan fingerprint density at radius 2 is 1.67 bits per heavy atom. The van der Waals surface area contributed by atoms with Crippen LogP contribution >= 0.6 is 0 Å². The highest BCUT2D eigenvalue weighted by molar-refractivity contribution is 5.13. The average molecular weight is 289 g/mol. The predicted molar refractivity (Wildman–Crippen MR) is 84.0 cm³/mol. The lowest BCUT2D eigenvalue weighted by molar-refractivity contribution is 0.00846. The second-order valence-electron chi connectivity index (χ2n) is 6.76. The predicted octanol–water partition coefficient (Wildman–Crippen LogP) is 2.69. The molecular weight excluding hydrogens is 262 g/mol. The lowest BCUT2D eigenvalue weighted by Gasteiger charge is -2.25. The Bertz CT molecular complexity index is 400. The fourth-order valence-corrected chi connectivity index (χ4v) is 2.79. The van der Waals surface area contributed by atoms with Crippen molar-refractivity contribution >= 4 is 0 Å². The molecule has 0 radical (unpaired) electrons. The van der Waals surface area contributed by atoms with E-state index in [-0.39, 0.29) is 6.10 Å². The molecule has 21 heavy (non-hydrogen) atoms. The van der Waals surface area contributed by atoms with Crippen LogP contribution < -0.4 is 0 Å². The highest BCUT2D eigenvalue weighted by Crippen LogP contribution is 2.33. The zero-order chi connectivity index (χ0) is 14.5. The number of rotatable bonds is 10. The minimum absolute atomic E-state index is 0.369. The molecule has 0 spiro atoms. The van der Waals surface area contributed by atoms with Gasteiger partial charge in [0.1, 0.15) is 0 Å². The van der Waals surface area contributed by atoms with E-state index >= 15 is 0 Å². The molecule has 0 heterocycles. The van der Waals surface area contributed by atoms with Crippen molar-refractivity contribution in [2.45, 2.75) is 38.4 Å². The van der Waals surface area contributed by atoms with E-state index in [1.54, 1.807) is 0 Å². The quantitative estimate of drug-likeness (QED) is 0.719. The summed E-state index contributed by atoms with van der Waals surface area (Å²) in [6.07, 6.45) is 5.14. The topological polar surface area (TPSA) is 32.7 Å². The molecule has 3 nitrogen and oxygen atoms in total. The summed E-state index contributed by atoms with van der Waals surface area (Å²) in [5.41, 5.74) is 1.16. The number of benzene rings is 1. The van der Waals surface area contributed by atoms with Gasteiger partial charge in [-0.05, 0) is 43.1 Å². The molecule has 0 aromatic heterocycles. The number of hydrogen-bond donors (Lipinski definition) is 1. The molecule has 1 N–H and O–H groups in total. The van der Waals surface area contributed by atoms with Gasteiger partial charge in [-0.1, -0.05) is 30.3 Å². The van der Waals surface area contributed by atoms with E-state index in [0.29, 0.717) is 13.2 Å². The molecule has 1 aromatic carbocycles. The third-order valence-corrected chi connectivity index (χ3v) is 4.32. The summed E-state index contributed by atoms with van der Waals surface area (Å²) in [7, 11) is 0. The van der Waals surface area contributed by atoms with E-state index in [1.165, 1.54) is 38.8 Å². The Kier molecular flexibility index (Phi) is 5.28. The van der Waals surface area contributed by atoms with Gasteiger partial charge in [0.2, 0.25) is 0 Å². The molecule has 1 aromatic rings. The third kappa shape index (κ3) is 5.77. The van der Waals surface area contributed by atoms with Gasteiger partial charge in [-0.25, -0.2) is 0 Å². The first-order chi connectivity index (χ1) is 10.3. The Morgan fingerprint density at radius 3 is 2.24 bits per heavy atom. The van der Waals surface area contributed by atoms with Crippen LogP contribution in [0.15, 0.2) is 30.3 Å². The average Bonchev–Trinajstić information content (AvgIpc) is 3.36. The number of aliphatic hydroxyl groups is 1. The van der Waals surface area contributed by atoms with Gasteiger partial charge in [0.05, 0.1) is 19.3 Å². The molecule has 1 atom stereocenters. The smallest absolute Gasteiger partial charge is 0.0900 e.